The molecule has 4 aromatic carbocycles. The summed E-state index contributed by atoms with van der Waals surface area (Å²) in [5, 5.41) is 4.81. The third-order valence-corrected chi connectivity index (χ3v) is 5.24. The summed E-state index contributed by atoms with van der Waals surface area (Å²) in [7, 11) is 0. The molecular weight excluding hydrogens is 332 g/mol. The van der Waals surface area contributed by atoms with E-state index < -0.39 is 5.79 Å². The predicted octanol–water partition coefficient (Wildman–Crippen LogP) is 6.78. The highest BCUT2D eigenvalue weighted by Gasteiger charge is 2.31. The fourth-order valence-electron chi connectivity index (χ4n) is 4.09. The van der Waals surface area contributed by atoms with E-state index in [0.717, 1.165) is 22.6 Å². The minimum atomic E-state index is -0.739. The van der Waals surface area contributed by atoms with Gasteiger partial charge >= 0.3 is 0 Å². The molecule has 0 aliphatic carbocycles. The Morgan fingerprint density at radius 1 is 0.593 bits per heavy atom. The van der Waals surface area contributed by atoms with Crippen molar-refractivity contribution in [1.29, 1.82) is 0 Å². The monoisotopic (exact) mass is 354 g/mol. The molecule has 0 fully saturated rings. The summed E-state index contributed by atoms with van der Waals surface area (Å²) in [6.45, 7) is 8.18. The smallest absolute Gasteiger partial charge is 0.245 e. The predicted molar refractivity (Wildman–Crippen MR) is 112 cm³/mol. The van der Waals surface area contributed by atoms with Crippen molar-refractivity contribution in [1.82, 2.24) is 0 Å². The number of benzene rings is 4. The standard InChI is InChI=1S/C25H22O2/c1-15-5-9-19-17(13-15)7-11-21-23(19)24-20-10-6-16(2)14-18(20)8-12-22(24)27-25(3,4)26-21/h5-14H,1-4H3. The van der Waals surface area contributed by atoms with Gasteiger partial charge in [-0.25, -0.2) is 0 Å². The second-order valence-electron chi connectivity index (χ2n) is 7.93. The van der Waals surface area contributed by atoms with Crippen LogP contribution in [-0.2, 0) is 0 Å². The SMILES string of the molecule is Cc1ccc2c3c(ccc2c1)OC(C)(C)Oc1ccc2cc(C)ccc2c1-3. The van der Waals surface area contributed by atoms with Crippen molar-refractivity contribution in [3.63, 3.8) is 0 Å². The van der Waals surface area contributed by atoms with Gasteiger partial charge in [-0.2, -0.15) is 0 Å². The molecule has 2 heteroatoms. The summed E-state index contributed by atoms with van der Waals surface area (Å²) in [6.07, 6.45) is 0. The zero-order valence-corrected chi connectivity index (χ0v) is 16.1. The van der Waals surface area contributed by atoms with Gasteiger partial charge < -0.3 is 9.47 Å². The number of hydrogen-bond donors (Lipinski definition) is 0. The van der Waals surface area contributed by atoms with Crippen molar-refractivity contribution in [2.24, 2.45) is 0 Å². The van der Waals surface area contributed by atoms with E-state index in [0.29, 0.717) is 0 Å². The van der Waals surface area contributed by atoms with E-state index >= 15 is 0 Å². The maximum absolute atomic E-state index is 6.32. The van der Waals surface area contributed by atoms with Crippen LogP contribution in [0.1, 0.15) is 25.0 Å². The molecule has 0 amide bonds. The van der Waals surface area contributed by atoms with Gasteiger partial charge in [0.2, 0.25) is 5.79 Å². The Bertz CT molecular complexity index is 1120. The fourth-order valence-corrected chi connectivity index (χ4v) is 4.09. The fraction of sp³-hybridized carbons (Fsp3) is 0.200. The lowest BCUT2D eigenvalue weighted by molar-refractivity contribution is -0.0777. The summed E-state index contributed by atoms with van der Waals surface area (Å²) in [4.78, 5) is 0. The number of fused-ring (bicyclic) bond motifs is 7. The van der Waals surface area contributed by atoms with Crippen LogP contribution in [-0.4, -0.2) is 5.79 Å². The summed E-state index contributed by atoms with van der Waals surface area (Å²) in [5.41, 5.74) is 4.73. The normalized spacial score (nSPS) is 14.8. The first kappa shape index (κ1) is 16.2. The first-order chi connectivity index (χ1) is 12.9. The van der Waals surface area contributed by atoms with E-state index in [2.05, 4.69) is 74.5 Å². The Hall–Kier alpha value is -3.00. The maximum atomic E-state index is 6.32. The van der Waals surface area contributed by atoms with E-state index in [1.165, 1.54) is 32.7 Å². The van der Waals surface area contributed by atoms with Crippen LogP contribution >= 0.6 is 0 Å². The zero-order chi connectivity index (χ0) is 18.8. The summed E-state index contributed by atoms with van der Waals surface area (Å²) < 4.78 is 12.6. The molecule has 0 unspecified atom stereocenters. The van der Waals surface area contributed by atoms with Crippen LogP contribution in [0.25, 0.3) is 32.7 Å². The highest BCUT2D eigenvalue weighted by Crippen LogP contribution is 2.49. The van der Waals surface area contributed by atoms with Crippen LogP contribution in [0.4, 0.5) is 0 Å². The van der Waals surface area contributed by atoms with Gasteiger partial charge in [0.05, 0.1) is 0 Å². The Kier molecular flexibility index (Phi) is 3.30. The van der Waals surface area contributed by atoms with E-state index in [4.69, 9.17) is 9.47 Å². The highest BCUT2D eigenvalue weighted by atomic mass is 16.7. The average Bonchev–Trinajstić information content (AvgIpc) is 2.73. The number of ether oxygens (including phenoxy) is 2. The number of aryl methyl sites for hydroxylation is 2. The summed E-state index contributed by atoms with van der Waals surface area (Å²) in [5.74, 6) is 0.989. The quantitative estimate of drug-likeness (QED) is 0.346. The minimum Gasteiger partial charge on any atom is -0.452 e. The molecular formula is C25H22O2. The lowest BCUT2D eigenvalue weighted by Crippen LogP contribution is -2.34. The molecule has 4 aromatic rings. The van der Waals surface area contributed by atoms with Gasteiger partial charge in [0.1, 0.15) is 11.5 Å². The van der Waals surface area contributed by atoms with E-state index in [1.54, 1.807) is 0 Å². The van der Waals surface area contributed by atoms with E-state index in [1.807, 2.05) is 13.8 Å². The molecule has 0 bridgehead atoms. The average molecular weight is 354 g/mol. The van der Waals surface area contributed by atoms with Crippen molar-refractivity contribution < 1.29 is 9.47 Å². The molecule has 1 heterocycles. The molecule has 0 spiro atoms. The molecule has 0 N–H and O–H groups in total. The molecule has 5 rings (SSSR count). The largest absolute Gasteiger partial charge is 0.452 e. The zero-order valence-electron chi connectivity index (χ0n) is 16.1. The first-order valence-corrected chi connectivity index (χ1v) is 9.36. The van der Waals surface area contributed by atoms with Crippen LogP contribution in [0.3, 0.4) is 0 Å². The minimum absolute atomic E-state index is 0.739. The van der Waals surface area contributed by atoms with Gasteiger partial charge in [0.25, 0.3) is 0 Å². The Morgan fingerprint density at radius 2 is 1.04 bits per heavy atom. The topological polar surface area (TPSA) is 18.5 Å². The van der Waals surface area contributed by atoms with Crippen LogP contribution in [0, 0.1) is 13.8 Å². The molecule has 1 aliphatic rings. The van der Waals surface area contributed by atoms with Gasteiger partial charge in [-0.05, 0) is 47.5 Å². The van der Waals surface area contributed by atoms with Gasteiger partial charge in [-0.15, -0.1) is 0 Å². The number of rotatable bonds is 0. The van der Waals surface area contributed by atoms with Crippen LogP contribution in [0.2, 0.25) is 0 Å². The molecule has 0 radical (unpaired) electrons. The summed E-state index contributed by atoms with van der Waals surface area (Å²) >= 11 is 0. The maximum Gasteiger partial charge on any atom is 0.245 e. The Labute approximate surface area is 159 Å². The first-order valence-electron chi connectivity index (χ1n) is 9.36. The lowest BCUT2D eigenvalue weighted by atomic mass is 9.91. The molecule has 0 saturated carbocycles. The Balaban J connectivity index is 1.98. The molecule has 27 heavy (non-hydrogen) atoms. The highest BCUT2D eigenvalue weighted by molar-refractivity contribution is 6.10. The van der Waals surface area contributed by atoms with Crippen molar-refractivity contribution in [2.45, 2.75) is 33.5 Å². The van der Waals surface area contributed by atoms with Crippen LogP contribution < -0.4 is 9.47 Å². The second kappa shape index (κ2) is 5.50. The van der Waals surface area contributed by atoms with Gasteiger partial charge in [-0.1, -0.05) is 59.7 Å². The third-order valence-electron chi connectivity index (χ3n) is 5.24. The number of hydrogen-bond acceptors (Lipinski definition) is 2. The lowest BCUT2D eigenvalue weighted by Gasteiger charge is -2.25. The van der Waals surface area contributed by atoms with Crippen LogP contribution in [0.5, 0.6) is 11.5 Å². The molecule has 134 valence electrons. The van der Waals surface area contributed by atoms with Gasteiger partial charge in [-0.3, -0.25) is 0 Å². The van der Waals surface area contributed by atoms with E-state index in [9.17, 15) is 0 Å². The van der Waals surface area contributed by atoms with Crippen molar-refractivity contribution in [2.75, 3.05) is 0 Å². The van der Waals surface area contributed by atoms with Crippen molar-refractivity contribution in [3.8, 4) is 22.6 Å². The molecule has 0 aromatic heterocycles. The Morgan fingerprint density at radius 3 is 1.48 bits per heavy atom. The van der Waals surface area contributed by atoms with Crippen molar-refractivity contribution in [3.05, 3.63) is 71.8 Å². The molecule has 0 saturated heterocycles. The third kappa shape index (κ3) is 2.56. The summed E-state index contributed by atoms with van der Waals surface area (Å²) in [6, 6.07) is 21.6. The van der Waals surface area contributed by atoms with Crippen LogP contribution in [0.15, 0.2) is 60.7 Å². The molecule has 0 atom stereocenters. The second-order valence-corrected chi connectivity index (χ2v) is 7.93. The van der Waals surface area contributed by atoms with Crippen molar-refractivity contribution >= 4 is 21.5 Å². The van der Waals surface area contributed by atoms with Gasteiger partial charge in [0.15, 0.2) is 0 Å². The van der Waals surface area contributed by atoms with Gasteiger partial charge in [0, 0.05) is 25.0 Å². The molecule has 1 aliphatic heterocycles. The molecule has 2 nitrogen and oxygen atoms in total. The van der Waals surface area contributed by atoms with E-state index in [-0.39, 0.29) is 0 Å².